The van der Waals surface area contributed by atoms with E-state index in [2.05, 4.69) is 15.1 Å². The molecule has 1 amide bonds. The maximum Gasteiger partial charge on any atom is 0.254 e. The van der Waals surface area contributed by atoms with E-state index in [4.69, 9.17) is 4.74 Å². The summed E-state index contributed by atoms with van der Waals surface area (Å²) in [6.07, 6.45) is 6.52. The molecule has 3 aromatic rings. The van der Waals surface area contributed by atoms with Crippen molar-refractivity contribution >= 4 is 5.91 Å². The van der Waals surface area contributed by atoms with Crippen molar-refractivity contribution in [2.75, 3.05) is 13.2 Å². The van der Waals surface area contributed by atoms with Crippen LogP contribution < -0.4 is 4.74 Å². The van der Waals surface area contributed by atoms with Crippen LogP contribution in [0.15, 0.2) is 49.1 Å². The van der Waals surface area contributed by atoms with Crippen LogP contribution in [0.5, 0.6) is 5.75 Å². The number of amides is 1. The maximum absolute atomic E-state index is 13.4. The van der Waals surface area contributed by atoms with Gasteiger partial charge in [-0.3, -0.25) is 14.5 Å². The Morgan fingerprint density at radius 1 is 1.37 bits per heavy atom. The molecule has 3 aromatic heterocycles. The van der Waals surface area contributed by atoms with E-state index in [1.54, 1.807) is 28.0 Å². The second-order valence-corrected chi connectivity index (χ2v) is 6.46. The highest BCUT2D eigenvalue weighted by atomic mass is 19.1. The van der Waals surface area contributed by atoms with Crippen molar-refractivity contribution in [1.82, 2.24) is 24.6 Å². The highest BCUT2D eigenvalue weighted by molar-refractivity contribution is 5.94. The molecule has 0 N–H and O–H groups in total. The molecule has 0 spiro atoms. The molecule has 8 heteroatoms. The number of rotatable bonds is 4. The zero-order valence-electron chi connectivity index (χ0n) is 14.7. The Bertz CT molecular complexity index is 960. The first-order valence-electron chi connectivity index (χ1n) is 8.56. The number of nitrogens with zero attached hydrogens (tertiary/aromatic N) is 5. The van der Waals surface area contributed by atoms with Crippen LogP contribution in [0, 0.1) is 5.95 Å². The van der Waals surface area contributed by atoms with Crippen LogP contribution in [0.4, 0.5) is 4.39 Å². The molecule has 1 atom stereocenters. The largest absolute Gasteiger partial charge is 0.491 e. The van der Waals surface area contributed by atoms with E-state index in [0.717, 1.165) is 17.3 Å². The van der Waals surface area contributed by atoms with Crippen LogP contribution in [0.1, 0.15) is 27.5 Å². The van der Waals surface area contributed by atoms with Gasteiger partial charge in [0.2, 0.25) is 5.95 Å². The number of carbonyl (C=O) groups is 1. The summed E-state index contributed by atoms with van der Waals surface area (Å²) in [6, 6.07) is 6.31. The molecule has 0 bridgehead atoms. The van der Waals surface area contributed by atoms with Gasteiger partial charge >= 0.3 is 0 Å². The first-order chi connectivity index (χ1) is 13.1. The zero-order valence-corrected chi connectivity index (χ0v) is 14.7. The third-order valence-corrected chi connectivity index (χ3v) is 4.47. The SMILES string of the molecule is Cn1cc2c(n1)[C@@H](COc1cccnc1)CN(C(=O)c1ccnc(F)c1)C2. The van der Waals surface area contributed by atoms with Gasteiger partial charge in [0.25, 0.3) is 5.91 Å². The minimum atomic E-state index is -0.670. The number of aromatic nitrogens is 4. The van der Waals surface area contributed by atoms with Gasteiger partial charge in [-0.2, -0.15) is 9.49 Å². The number of ether oxygens (including phenoxy) is 1. The van der Waals surface area contributed by atoms with Gasteiger partial charge in [-0.1, -0.05) is 0 Å². The highest BCUT2D eigenvalue weighted by Crippen LogP contribution is 2.29. The second kappa shape index (κ2) is 7.14. The first kappa shape index (κ1) is 17.1. The normalized spacial score (nSPS) is 16.1. The van der Waals surface area contributed by atoms with Gasteiger partial charge in [0.05, 0.1) is 24.4 Å². The van der Waals surface area contributed by atoms with E-state index in [1.165, 1.54) is 12.3 Å². The molecule has 0 aromatic carbocycles. The molecule has 4 rings (SSSR count). The lowest BCUT2D eigenvalue weighted by Gasteiger charge is -2.32. The van der Waals surface area contributed by atoms with E-state index in [9.17, 15) is 9.18 Å². The van der Waals surface area contributed by atoms with Crippen molar-refractivity contribution in [2.24, 2.45) is 7.05 Å². The minimum absolute atomic E-state index is 0.0919. The Labute approximate surface area is 155 Å². The molecule has 0 unspecified atom stereocenters. The smallest absolute Gasteiger partial charge is 0.254 e. The van der Waals surface area contributed by atoms with Gasteiger partial charge in [0.15, 0.2) is 0 Å². The Morgan fingerprint density at radius 3 is 3.04 bits per heavy atom. The molecule has 0 radical (unpaired) electrons. The van der Waals surface area contributed by atoms with Crippen molar-refractivity contribution < 1.29 is 13.9 Å². The van der Waals surface area contributed by atoms with Gasteiger partial charge in [0.1, 0.15) is 5.75 Å². The van der Waals surface area contributed by atoms with Gasteiger partial charge in [-0.25, -0.2) is 4.98 Å². The molecule has 1 aliphatic rings. The Hall–Kier alpha value is -3.29. The standard InChI is InChI=1S/C19H18FN5O2/c1-24-9-14-10-25(19(26)13-4-6-22-17(20)7-13)11-15(18(14)23-24)12-27-16-3-2-5-21-8-16/h2-9,15H,10-12H2,1H3/t15-/m1/s1. The van der Waals surface area contributed by atoms with Crippen molar-refractivity contribution in [3.8, 4) is 5.75 Å². The van der Waals surface area contributed by atoms with Crippen LogP contribution in [0.3, 0.4) is 0 Å². The summed E-state index contributed by atoms with van der Waals surface area (Å²) in [5, 5.41) is 4.54. The van der Waals surface area contributed by atoms with Crippen LogP contribution in [0.25, 0.3) is 0 Å². The van der Waals surface area contributed by atoms with E-state index < -0.39 is 5.95 Å². The van der Waals surface area contributed by atoms with Crippen molar-refractivity contribution in [1.29, 1.82) is 0 Å². The molecule has 0 saturated heterocycles. The van der Waals surface area contributed by atoms with Gasteiger partial charge < -0.3 is 9.64 Å². The fourth-order valence-electron chi connectivity index (χ4n) is 3.28. The second-order valence-electron chi connectivity index (χ2n) is 6.46. The average molecular weight is 367 g/mol. The molecule has 1 aliphatic heterocycles. The number of aryl methyl sites for hydroxylation is 1. The van der Waals surface area contributed by atoms with Crippen molar-refractivity contribution in [2.45, 2.75) is 12.5 Å². The van der Waals surface area contributed by atoms with Crippen LogP contribution in [0.2, 0.25) is 0 Å². The van der Waals surface area contributed by atoms with Crippen LogP contribution in [-0.4, -0.2) is 43.7 Å². The van der Waals surface area contributed by atoms with E-state index >= 15 is 0 Å². The number of hydrogen-bond acceptors (Lipinski definition) is 5. The maximum atomic E-state index is 13.4. The topological polar surface area (TPSA) is 73.1 Å². The Balaban J connectivity index is 1.56. The van der Waals surface area contributed by atoms with Gasteiger partial charge in [0, 0.05) is 55.9 Å². The third kappa shape index (κ3) is 3.64. The molecule has 0 saturated carbocycles. The molecular formula is C19H18FN5O2. The van der Waals surface area contributed by atoms with Crippen molar-refractivity contribution in [3.05, 3.63) is 71.8 Å². The number of halogens is 1. The Kier molecular flexibility index (Phi) is 4.53. The molecule has 4 heterocycles. The lowest BCUT2D eigenvalue weighted by molar-refractivity contribution is 0.0700. The predicted octanol–water partition coefficient (Wildman–Crippen LogP) is 2.17. The van der Waals surface area contributed by atoms with E-state index in [-0.39, 0.29) is 17.4 Å². The summed E-state index contributed by atoms with van der Waals surface area (Å²) in [4.78, 5) is 22.1. The Morgan fingerprint density at radius 2 is 2.26 bits per heavy atom. The van der Waals surface area contributed by atoms with Gasteiger partial charge in [-0.15, -0.1) is 0 Å². The summed E-state index contributed by atoms with van der Waals surface area (Å²) >= 11 is 0. The molecule has 0 fully saturated rings. The fourth-order valence-corrected chi connectivity index (χ4v) is 3.28. The predicted molar refractivity (Wildman–Crippen MR) is 94.6 cm³/mol. The number of carbonyl (C=O) groups excluding carboxylic acids is 1. The lowest BCUT2D eigenvalue weighted by atomic mass is 9.96. The van der Waals surface area contributed by atoms with Crippen molar-refractivity contribution in [3.63, 3.8) is 0 Å². The van der Waals surface area contributed by atoms with Crippen LogP contribution in [-0.2, 0) is 13.6 Å². The zero-order chi connectivity index (χ0) is 18.8. The summed E-state index contributed by atoms with van der Waals surface area (Å²) < 4.78 is 21.0. The monoisotopic (exact) mass is 367 g/mol. The average Bonchev–Trinajstić information content (AvgIpc) is 3.06. The van der Waals surface area contributed by atoms with Gasteiger partial charge in [-0.05, 0) is 18.2 Å². The minimum Gasteiger partial charge on any atom is -0.491 e. The molecule has 138 valence electrons. The lowest BCUT2D eigenvalue weighted by Crippen LogP contribution is -2.39. The van der Waals surface area contributed by atoms with E-state index in [0.29, 0.717) is 25.4 Å². The number of pyridine rings is 2. The molecular weight excluding hydrogens is 349 g/mol. The third-order valence-electron chi connectivity index (χ3n) is 4.47. The highest BCUT2D eigenvalue weighted by Gasteiger charge is 2.32. The number of hydrogen-bond donors (Lipinski definition) is 0. The molecule has 7 nitrogen and oxygen atoms in total. The summed E-state index contributed by atoms with van der Waals surface area (Å²) in [5.74, 6) is -0.339. The molecule has 0 aliphatic carbocycles. The summed E-state index contributed by atoms with van der Waals surface area (Å²) in [7, 11) is 1.85. The number of fused-ring (bicyclic) bond motifs is 1. The van der Waals surface area contributed by atoms with E-state index in [1.807, 2.05) is 19.3 Å². The summed E-state index contributed by atoms with van der Waals surface area (Å²) in [5.41, 5.74) is 2.17. The van der Waals surface area contributed by atoms with Crippen LogP contribution >= 0.6 is 0 Å². The first-order valence-corrected chi connectivity index (χ1v) is 8.56. The summed E-state index contributed by atoms with van der Waals surface area (Å²) in [6.45, 7) is 1.23. The fraction of sp³-hybridized carbons (Fsp3) is 0.263. The molecule has 27 heavy (non-hydrogen) atoms. The quantitative estimate of drug-likeness (QED) is 0.661.